The Balaban J connectivity index is 1.83. The molecule has 0 radical (unpaired) electrons. The Morgan fingerprint density at radius 3 is 2.58 bits per heavy atom. The lowest BCUT2D eigenvalue weighted by Crippen LogP contribution is -2.30. The monoisotopic (exact) mass is 372 g/mol. The zero-order valence-corrected chi connectivity index (χ0v) is 15.5. The first-order valence-corrected chi connectivity index (χ1v) is 9.85. The molecule has 3 rings (SSSR count). The van der Waals surface area contributed by atoms with Gasteiger partial charge in [-0.1, -0.05) is 25.8 Å². The molecule has 1 aromatic carbocycles. The molecule has 26 heavy (non-hydrogen) atoms. The summed E-state index contributed by atoms with van der Waals surface area (Å²) < 4.78 is 64.5. The molecule has 0 amide bonds. The lowest BCUT2D eigenvalue weighted by Gasteiger charge is -2.25. The fraction of sp³-hybridized carbons (Fsp3) is 0.714. The van der Waals surface area contributed by atoms with Gasteiger partial charge in [0.1, 0.15) is 11.8 Å². The van der Waals surface area contributed by atoms with Crippen LogP contribution in [0.15, 0.2) is 12.1 Å². The van der Waals surface area contributed by atoms with Crippen LogP contribution in [0.2, 0.25) is 0 Å². The van der Waals surface area contributed by atoms with Gasteiger partial charge in [-0.3, -0.25) is 0 Å². The quantitative estimate of drug-likeness (QED) is 0.536. The number of benzene rings is 1. The zero-order chi connectivity index (χ0) is 18.9. The minimum atomic E-state index is -1.62. The average Bonchev–Trinajstić information content (AvgIpc) is 2.75. The molecule has 0 bridgehead atoms. The smallest absolute Gasteiger partial charge is 0.200 e. The molecule has 146 valence electrons. The average molecular weight is 372 g/mol. The van der Waals surface area contributed by atoms with Crippen LogP contribution in [-0.2, 0) is 0 Å². The van der Waals surface area contributed by atoms with Crippen molar-refractivity contribution in [2.24, 2.45) is 11.8 Å². The van der Waals surface area contributed by atoms with E-state index in [1.165, 1.54) is 12.1 Å². The third-order valence-electron chi connectivity index (χ3n) is 6.32. The third-order valence-corrected chi connectivity index (χ3v) is 6.32. The highest BCUT2D eigenvalue weighted by atomic mass is 19.2. The third kappa shape index (κ3) is 3.46. The number of hydrogen-bond donors (Lipinski definition) is 0. The minimum Gasteiger partial charge on any atom is -0.491 e. The van der Waals surface area contributed by atoms with E-state index in [9.17, 15) is 8.78 Å². The number of fused-ring (bicyclic) bond motifs is 1. The van der Waals surface area contributed by atoms with E-state index in [2.05, 4.69) is 6.92 Å². The number of halogens is 4. The molecular weight excluding hydrogens is 344 g/mol. The van der Waals surface area contributed by atoms with Gasteiger partial charge in [-0.2, -0.15) is 4.39 Å². The topological polar surface area (TPSA) is 9.23 Å². The van der Waals surface area contributed by atoms with Crippen LogP contribution in [-0.4, -0.2) is 18.4 Å². The van der Waals surface area contributed by atoms with Gasteiger partial charge in [0.2, 0.25) is 5.82 Å². The van der Waals surface area contributed by atoms with Crippen LogP contribution in [0.1, 0.15) is 70.3 Å². The highest BCUT2D eigenvalue weighted by Gasteiger charge is 2.56. The molecule has 0 spiro atoms. The molecule has 2 aliphatic carbocycles. The Kier molecular flexibility index (Phi) is 5.83. The molecule has 0 aliphatic heterocycles. The van der Waals surface area contributed by atoms with Crippen LogP contribution in [0.4, 0.5) is 17.6 Å². The van der Waals surface area contributed by atoms with E-state index in [1.807, 2.05) is 0 Å². The Bertz CT molecular complexity index is 635. The highest BCUT2D eigenvalue weighted by Crippen LogP contribution is 2.56. The van der Waals surface area contributed by atoms with Gasteiger partial charge >= 0.3 is 0 Å². The van der Waals surface area contributed by atoms with E-state index < -0.39 is 35.3 Å². The van der Waals surface area contributed by atoms with E-state index in [4.69, 9.17) is 4.74 Å². The van der Waals surface area contributed by atoms with E-state index in [0.717, 1.165) is 25.7 Å². The maximum Gasteiger partial charge on any atom is 0.200 e. The summed E-state index contributed by atoms with van der Waals surface area (Å²) in [5.74, 6) is -3.61. The standard InChI is InChI=1S/C21H28F4O/c1-3-5-13-6-8-16-18(22)15(12-21(16,25)11-10-13)14-7-9-17(26-4-2)20(24)19(14)23/h7,9,13,15-16,18H,3-6,8,10-12H2,1-2H3. The van der Waals surface area contributed by atoms with E-state index in [1.54, 1.807) is 6.92 Å². The molecule has 0 saturated heterocycles. The summed E-state index contributed by atoms with van der Waals surface area (Å²) >= 11 is 0. The largest absolute Gasteiger partial charge is 0.491 e. The summed E-state index contributed by atoms with van der Waals surface area (Å²) in [6.45, 7) is 3.99. The van der Waals surface area contributed by atoms with Crippen molar-refractivity contribution in [3.63, 3.8) is 0 Å². The van der Waals surface area contributed by atoms with Crippen molar-refractivity contribution in [1.29, 1.82) is 0 Å². The summed E-state index contributed by atoms with van der Waals surface area (Å²) in [5.41, 5.74) is -1.68. The first kappa shape index (κ1) is 19.5. The van der Waals surface area contributed by atoms with Crippen molar-refractivity contribution in [3.05, 3.63) is 29.3 Å². The van der Waals surface area contributed by atoms with Gasteiger partial charge in [-0.25, -0.2) is 13.2 Å². The molecule has 2 aliphatic rings. The van der Waals surface area contributed by atoms with Gasteiger partial charge in [0.05, 0.1) is 6.61 Å². The molecule has 0 heterocycles. The van der Waals surface area contributed by atoms with Gasteiger partial charge in [0.15, 0.2) is 11.6 Å². The lowest BCUT2D eigenvalue weighted by molar-refractivity contribution is 0.0730. The Morgan fingerprint density at radius 2 is 1.88 bits per heavy atom. The number of alkyl halides is 2. The molecule has 1 aromatic rings. The molecule has 2 saturated carbocycles. The Hall–Kier alpha value is -1.26. The van der Waals surface area contributed by atoms with Gasteiger partial charge in [0.25, 0.3) is 0 Å². The van der Waals surface area contributed by atoms with Crippen molar-refractivity contribution in [2.45, 2.75) is 76.6 Å². The normalized spacial score (nSPS) is 34.4. The Labute approximate surface area is 153 Å². The van der Waals surface area contributed by atoms with Crippen LogP contribution < -0.4 is 4.74 Å². The molecule has 2 fully saturated rings. The summed E-state index contributed by atoms with van der Waals surface area (Å²) in [6, 6.07) is 2.68. The number of hydrogen-bond acceptors (Lipinski definition) is 1. The highest BCUT2D eigenvalue weighted by molar-refractivity contribution is 5.35. The first-order chi connectivity index (χ1) is 12.4. The molecule has 5 heteroatoms. The molecule has 0 aromatic heterocycles. The maximum absolute atomic E-state index is 15.6. The summed E-state index contributed by atoms with van der Waals surface area (Å²) in [5, 5.41) is 0. The van der Waals surface area contributed by atoms with Gasteiger partial charge in [-0.15, -0.1) is 0 Å². The van der Waals surface area contributed by atoms with Gasteiger partial charge in [-0.05, 0) is 56.6 Å². The zero-order valence-electron chi connectivity index (χ0n) is 15.5. The fourth-order valence-corrected chi connectivity index (χ4v) is 4.98. The second kappa shape index (κ2) is 7.77. The predicted molar refractivity (Wildman–Crippen MR) is 94.0 cm³/mol. The van der Waals surface area contributed by atoms with Crippen LogP contribution in [0.25, 0.3) is 0 Å². The molecule has 0 N–H and O–H groups in total. The van der Waals surface area contributed by atoms with Crippen molar-refractivity contribution in [3.8, 4) is 5.75 Å². The van der Waals surface area contributed by atoms with Crippen LogP contribution in [0, 0.1) is 23.5 Å². The van der Waals surface area contributed by atoms with E-state index >= 15 is 8.78 Å². The minimum absolute atomic E-state index is 0.0614. The fourth-order valence-electron chi connectivity index (χ4n) is 4.98. The predicted octanol–water partition coefficient (Wildman–Crippen LogP) is 6.50. The van der Waals surface area contributed by atoms with Crippen LogP contribution in [0.3, 0.4) is 0 Å². The second-order valence-corrected chi connectivity index (χ2v) is 7.88. The molecule has 5 unspecified atom stereocenters. The molecule has 5 atom stereocenters. The van der Waals surface area contributed by atoms with Crippen molar-refractivity contribution >= 4 is 0 Å². The maximum atomic E-state index is 15.6. The SMILES string of the molecule is CCCC1CCC2C(F)C(c3ccc(OCC)c(F)c3F)CC2(F)CC1. The molecular formula is C21H28F4O. The number of ether oxygens (including phenoxy) is 1. The van der Waals surface area contributed by atoms with Crippen LogP contribution in [0.5, 0.6) is 5.75 Å². The van der Waals surface area contributed by atoms with Crippen molar-refractivity contribution in [1.82, 2.24) is 0 Å². The molecule has 1 nitrogen and oxygen atoms in total. The van der Waals surface area contributed by atoms with E-state index in [0.29, 0.717) is 18.8 Å². The van der Waals surface area contributed by atoms with E-state index in [-0.39, 0.29) is 24.3 Å². The summed E-state index contributed by atoms with van der Waals surface area (Å²) in [7, 11) is 0. The van der Waals surface area contributed by atoms with Crippen molar-refractivity contribution < 1.29 is 22.3 Å². The van der Waals surface area contributed by atoms with Crippen molar-refractivity contribution in [2.75, 3.05) is 6.61 Å². The second-order valence-electron chi connectivity index (χ2n) is 7.88. The Morgan fingerprint density at radius 1 is 1.12 bits per heavy atom. The van der Waals surface area contributed by atoms with Crippen LogP contribution >= 0.6 is 0 Å². The first-order valence-electron chi connectivity index (χ1n) is 9.85. The lowest BCUT2D eigenvalue weighted by atomic mass is 9.88. The summed E-state index contributed by atoms with van der Waals surface area (Å²) in [6.07, 6.45) is 2.92. The van der Waals surface area contributed by atoms with Gasteiger partial charge < -0.3 is 4.74 Å². The van der Waals surface area contributed by atoms with Gasteiger partial charge in [0, 0.05) is 11.8 Å². The number of rotatable bonds is 5. The summed E-state index contributed by atoms with van der Waals surface area (Å²) in [4.78, 5) is 0.